The van der Waals surface area contributed by atoms with Crippen molar-refractivity contribution in [1.29, 1.82) is 0 Å². The Morgan fingerprint density at radius 2 is 1.79 bits per heavy atom. The zero-order valence-corrected chi connectivity index (χ0v) is 15.8. The Morgan fingerprint density at radius 1 is 1.11 bits per heavy atom. The minimum absolute atomic E-state index is 0.0726. The van der Waals surface area contributed by atoms with Gasteiger partial charge in [0.15, 0.2) is 0 Å². The smallest absolute Gasteiger partial charge is 0.337 e. The van der Waals surface area contributed by atoms with Crippen LogP contribution in [0.2, 0.25) is 0 Å². The number of hydrogen-bond acceptors (Lipinski definition) is 5. The number of rotatable bonds is 5. The van der Waals surface area contributed by atoms with Crippen molar-refractivity contribution in [2.24, 2.45) is 0 Å². The summed E-state index contributed by atoms with van der Waals surface area (Å²) >= 11 is 0. The Bertz CT molecular complexity index is 852. The molecule has 0 aliphatic carbocycles. The second kappa shape index (κ2) is 8.67. The molecular formula is C21H23N3O4. The summed E-state index contributed by atoms with van der Waals surface area (Å²) in [5.41, 5.74) is 2.18. The quantitative estimate of drug-likeness (QED) is 0.687. The van der Waals surface area contributed by atoms with Crippen molar-refractivity contribution >= 4 is 17.8 Å². The summed E-state index contributed by atoms with van der Waals surface area (Å²) < 4.78 is 4.68. The number of esters is 1. The molecule has 0 saturated carbocycles. The van der Waals surface area contributed by atoms with Crippen LogP contribution in [0.15, 0.2) is 54.6 Å². The highest BCUT2D eigenvalue weighted by atomic mass is 16.5. The molecule has 3 rings (SSSR count). The van der Waals surface area contributed by atoms with E-state index in [9.17, 15) is 14.4 Å². The van der Waals surface area contributed by atoms with Crippen molar-refractivity contribution in [3.05, 3.63) is 71.3 Å². The zero-order valence-electron chi connectivity index (χ0n) is 15.8. The van der Waals surface area contributed by atoms with Gasteiger partial charge in [0.2, 0.25) is 11.8 Å². The third-order valence-corrected chi connectivity index (χ3v) is 4.70. The molecule has 1 heterocycles. The number of methoxy groups -OCH3 is 1. The first-order chi connectivity index (χ1) is 13.5. The van der Waals surface area contributed by atoms with E-state index >= 15 is 0 Å². The van der Waals surface area contributed by atoms with Crippen LogP contribution in [0.3, 0.4) is 0 Å². The summed E-state index contributed by atoms with van der Waals surface area (Å²) in [7, 11) is 1.33. The van der Waals surface area contributed by atoms with E-state index in [2.05, 4.69) is 20.7 Å². The van der Waals surface area contributed by atoms with Gasteiger partial charge in [0.05, 0.1) is 31.2 Å². The molecule has 2 unspecified atom stereocenters. The molecule has 2 amide bonds. The van der Waals surface area contributed by atoms with Crippen LogP contribution in [0, 0.1) is 0 Å². The molecule has 0 aromatic heterocycles. The average Bonchev–Trinajstić information content (AvgIpc) is 2.73. The van der Waals surface area contributed by atoms with Gasteiger partial charge in [0.1, 0.15) is 6.17 Å². The van der Waals surface area contributed by atoms with Crippen LogP contribution in [0.4, 0.5) is 0 Å². The largest absolute Gasteiger partial charge is 0.465 e. The molecule has 146 valence electrons. The van der Waals surface area contributed by atoms with E-state index in [0.29, 0.717) is 5.56 Å². The van der Waals surface area contributed by atoms with E-state index in [4.69, 9.17) is 0 Å². The normalized spacial score (nSPS) is 20.0. The summed E-state index contributed by atoms with van der Waals surface area (Å²) in [6, 6.07) is 15.4. The maximum Gasteiger partial charge on any atom is 0.337 e. The van der Waals surface area contributed by atoms with E-state index in [1.54, 1.807) is 24.3 Å². The molecule has 28 heavy (non-hydrogen) atoms. The summed E-state index contributed by atoms with van der Waals surface area (Å²) in [6.07, 6.45) is -0.337. The first-order valence-electron chi connectivity index (χ1n) is 9.07. The van der Waals surface area contributed by atoms with Crippen molar-refractivity contribution in [3.8, 4) is 0 Å². The molecule has 1 aliphatic rings. The van der Waals surface area contributed by atoms with Crippen LogP contribution in [0.25, 0.3) is 0 Å². The number of benzene rings is 2. The second-order valence-electron chi connectivity index (χ2n) is 6.68. The number of amides is 2. The van der Waals surface area contributed by atoms with Gasteiger partial charge in [-0.05, 0) is 30.2 Å². The molecule has 0 bridgehead atoms. The topological polar surface area (TPSA) is 96.5 Å². The van der Waals surface area contributed by atoms with E-state index in [1.165, 1.54) is 7.11 Å². The lowest BCUT2D eigenvalue weighted by Gasteiger charge is -2.31. The molecule has 1 saturated heterocycles. The van der Waals surface area contributed by atoms with Gasteiger partial charge in [-0.2, -0.15) is 0 Å². The fourth-order valence-electron chi connectivity index (χ4n) is 3.12. The van der Waals surface area contributed by atoms with Crippen LogP contribution in [-0.4, -0.2) is 30.9 Å². The molecule has 0 spiro atoms. The van der Waals surface area contributed by atoms with Crippen LogP contribution in [-0.2, 0) is 14.3 Å². The van der Waals surface area contributed by atoms with Crippen molar-refractivity contribution < 1.29 is 19.1 Å². The fourth-order valence-corrected chi connectivity index (χ4v) is 3.12. The molecule has 2 aromatic rings. The minimum atomic E-state index is -0.629. The Hall–Kier alpha value is -3.19. The SMILES string of the molecule is COC(=O)c1ccc([C@@H](C)NC(=O)C2CC(=O)NC(c3ccccc3)N2)cc1. The number of ether oxygens (including phenoxy) is 1. The first kappa shape index (κ1) is 19.6. The van der Waals surface area contributed by atoms with Crippen molar-refractivity contribution in [2.45, 2.75) is 31.6 Å². The molecule has 1 aliphatic heterocycles. The van der Waals surface area contributed by atoms with Gasteiger partial charge >= 0.3 is 5.97 Å². The summed E-state index contributed by atoms with van der Waals surface area (Å²) in [6.45, 7) is 1.85. The van der Waals surface area contributed by atoms with Crippen molar-refractivity contribution in [1.82, 2.24) is 16.0 Å². The van der Waals surface area contributed by atoms with Gasteiger partial charge in [0, 0.05) is 0 Å². The molecule has 7 heteroatoms. The van der Waals surface area contributed by atoms with Crippen LogP contribution >= 0.6 is 0 Å². The van der Waals surface area contributed by atoms with Crippen LogP contribution in [0.5, 0.6) is 0 Å². The predicted octanol–water partition coefficient (Wildman–Crippen LogP) is 1.83. The Labute approximate surface area is 163 Å². The highest BCUT2D eigenvalue weighted by Crippen LogP contribution is 2.18. The molecule has 3 N–H and O–H groups in total. The minimum Gasteiger partial charge on any atom is -0.465 e. The molecule has 1 fully saturated rings. The summed E-state index contributed by atoms with van der Waals surface area (Å²) in [5.74, 6) is -0.837. The molecule has 3 atom stereocenters. The lowest BCUT2D eigenvalue weighted by Crippen LogP contribution is -2.56. The van der Waals surface area contributed by atoms with Gasteiger partial charge < -0.3 is 15.4 Å². The number of nitrogens with one attached hydrogen (secondary N) is 3. The standard InChI is InChI=1S/C21H23N3O4/c1-13(14-8-10-16(11-9-14)21(27)28-2)22-20(26)17-12-18(25)24-19(23-17)15-6-4-3-5-7-15/h3-11,13,17,19,23H,12H2,1-2H3,(H,22,26)(H,24,25)/t13-,17?,19?/m1/s1. The summed E-state index contributed by atoms with van der Waals surface area (Å²) in [5, 5.41) is 8.96. The first-order valence-corrected chi connectivity index (χ1v) is 9.07. The van der Waals surface area contributed by atoms with Gasteiger partial charge in [-0.3, -0.25) is 14.9 Å². The summed E-state index contributed by atoms with van der Waals surface area (Å²) in [4.78, 5) is 36.3. The van der Waals surface area contributed by atoms with Gasteiger partial charge in [0.25, 0.3) is 0 Å². The number of carbonyl (C=O) groups excluding carboxylic acids is 3. The third-order valence-electron chi connectivity index (χ3n) is 4.70. The lowest BCUT2D eigenvalue weighted by molar-refractivity contribution is -0.132. The monoisotopic (exact) mass is 381 g/mol. The van der Waals surface area contributed by atoms with Gasteiger partial charge in [-0.1, -0.05) is 42.5 Å². The van der Waals surface area contributed by atoms with Crippen LogP contribution < -0.4 is 16.0 Å². The van der Waals surface area contributed by atoms with Crippen LogP contribution in [0.1, 0.15) is 47.0 Å². The number of carbonyl (C=O) groups is 3. The van der Waals surface area contributed by atoms with E-state index < -0.39 is 18.2 Å². The van der Waals surface area contributed by atoms with Crippen molar-refractivity contribution in [3.63, 3.8) is 0 Å². The maximum atomic E-state index is 12.7. The highest BCUT2D eigenvalue weighted by Gasteiger charge is 2.31. The molecule has 2 aromatic carbocycles. The Morgan fingerprint density at radius 3 is 2.43 bits per heavy atom. The Kier molecular flexibility index (Phi) is 6.06. The molecular weight excluding hydrogens is 358 g/mol. The second-order valence-corrected chi connectivity index (χ2v) is 6.68. The highest BCUT2D eigenvalue weighted by molar-refractivity contribution is 5.90. The van der Waals surface area contributed by atoms with Gasteiger partial charge in [-0.15, -0.1) is 0 Å². The lowest BCUT2D eigenvalue weighted by atomic mass is 10.0. The Balaban J connectivity index is 1.64. The van der Waals surface area contributed by atoms with E-state index in [0.717, 1.165) is 11.1 Å². The molecule has 7 nitrogen and oxygen atoms in total. The van der Waals surface area contributed by atoms with Crippen molar-refractivity contribution in [2.75, 3.05) is 7.11 Å². The fraction of sp³-hybridized carbons (Fsp3) is 0.286. The zero-order chi connectivity index (χ0) is 20.1. The van der Waals surface area contributed by atoms with Gasteiger partial charge in [-0.25, -0.2) is 4.79 Å². The molecule has 0 radical (unpaired) electrons. The van der Waals surface area contributed by atoms with E-state index in [-0.39, 0.29) is 24.3 Å². The van der Waals surface area contributed by atoms with E-state index in [1.807, 2.05) is 37.3 Å². The predicted molar refractivity (Wildman–Crippen MR) is 103 cm³/mol. The third kappa shape index (κ3) is 4.55. The number of hydrogen-bond donors (Lipinski definition) is 3. The maximum absolute atomic E-state index is 12.7. The average molecular weight is 381 g/mol.